The van der Waals surface area contributed by atoms with Crippen molar-refractivity contribution in [3.8, 4) is 11.1 Å². The molecule has 1 saturated carbocycles. The van der Waals surface area contributed by atoms with Crippen LogP contribution in [0.5, 0.6) is 0 Å². The van der Waals surface area contributed by atoms with E-state index < -0.39 is 27.6 Å². The molecule has 0 unspecified atom stereocenters. The van der Waals surface area contributed by atoms with Crippen molar-refractivity contribution < 1.29 is 22.4 Å². The van der Waals surface area contributed by atoms with E-state index in [1.54, 1.807) is 48.5 Å². The highest BCUT2D eigenvalue weighted by Crippen LogP contribution is 2.30. The average molecular weight is 572 g/mol. The molecule has 1 aliphatic rings. The maximum absolute atomic E-state index is 15.0. The standard InChI is InChI=1S/C29H31ClFN3O4S/c1-39(37,38)27-9-5-4-8-24(27)21-10-15-26(25(31)18-21)33-28(35)19-34(17-16-20-6-2-3-7-20)29(36)32-23-13-11-22(30)12-14-23/h4-5,8-15,18,20H,2-3,6-7,16-17,19H2,1H3,(H,32,36)(H,33,35). The van der Waals surface area contributed by atoms with Gasteiger partial charge in [-0.2, -0.15) is 0 Å². The molecule has 7 nitrogen and oxygen atoms in total. The van der Waals surface area contributed by atoms with E-state index in [9.17, 15) is 18.0 Å². The number of carbonyl (C=O) groups is 2. The Balaban J connectivity index is 1.46. The predicted octanol–water partition coefficient (Wildman–Crippen LogP) is 6.60. The van der Waals surface area contributed by atoms with Crippen molar-refractivity contribution in [3.63, 3.8) is 0 Å². The summed E-state index contributed by atoms with van der Waals surface area (Å²) in [5.74, 6) is -0.748. The molecule has 0 spiro atoms. The summed E-state index contributed by atoms with van der Waals surface area (Å²) in [5, 5.41) is 5.88. The quantitative estimate of drug-likeness (QED) is 0.302. The molecule has 0 heterocycles. The van der Waals surface area contributed by atoms with E-state index in [-0.39, 0.29) is 17.1 Å². The van der Waals surface area contributed by atoms with E-state index in [4.69, 9.17) is 11.6 Å². The van der Waals surface area contributed by atoms with Crippen LogP contribution in [0.15, 0.2) is 71.6 Å². The zero-order valence-corrected chi connectivity index (χ0v) is 23.2. The number of anilines is 2. The van der Waals surface area contributed by atoms with Gasteiger partial charge in [-0.05, 0) is 60.4 Å². The van der Waals surface area contributed by atoms with Crippen molar-refractivity contribution >= 4 is 44.8 Å². The number of halogens is 2. The number of sulfone groups is 1. The monoisotopic (exact) mass is 571 g/mol. The summed E-state index contributed by atoms with van der Waals surface area (Å²) >= 11 is 5.93. The van der Waals surface area contributed by atoms with Crippen molar-refractivity contribution in [1.29, 1.82) is 0 Å². The molecular formula is C29H31ClFN3O4S. The number of nitrogens with zero attached hydrogens (tertiary/aromatic N) is 1. The van der Waals surface area contributed by atoms with Gasteiger partial charge in [-0.3, -0.25) is 4.79 Å². The molecule has 0 aliphatic heterocycles. The van der Waals surface area contributed by atoms with Crippen molar-refractivity contribution in [1.82, 2.24) is 4.90 Å². The van der Waals surface area contributed by atoms with Gasteiger partial charge in [0.05, 0.1) is 10.6 Å². The maximum atomic E-state index is 15.0. The van der Waals surface area contributed by atoms with E-state index >= 15 is 4.39 Å². The molecule has 0 atom stereocenters. The van der Waals surface area contributed by atoms with Crippen LogP contribution < -0.4 is 10.6 Å². The first kappa shape index (κ1) is 28.6. The molecule has 2 N–H and O–H groups in total. The Kier molecular flexibility index (Phi) is 9.24. The number of rotatable bonds is 9. The minimum Gasteiger partial charge on any atom is -0.322 e. The van der Waals surface area contributed by atoms with Gasteiger partial charge in [-0.1, -0.05) is 61.5 Å². The van der Waals surface area contributed by atoms with Crippen LogP contribution in [0.25, 0.3) is 11.1 Å². The Morgan fingerprint density at radius 3 is 2.36 bits per heavy atom. The molecule has 1 aliphatic carbocycles. The van der Waals surface area contributed by atoms with Gasteiger partial charge in [0, 0.05) is 29.1 Å². The second-order valence-electron chi connectivity index (χ2n) is 9.81. The summed E-state index contributed by atoms with van der Waals surface area (Å²) in [6.07, 6.45) is 6.44. The summed E-state index contributed by atoms with van der Waals surface area (Å²) in [6.45, 7) is 0.130. The molecule has 206 valence electrons. The van der Waals surface area contributed by atoms with Gasteiger partial charge in [0.25, 0.3) is 0 Å². The molecule has 0 radical (unpaired) electrons. The zero-order valence-electron chi connectivity index (χ0n) is 21.6. The first-order chi connectivity index (χ1) is 18.6. The van der Waals surface area contributed by atoms with Crippen molar-refractivity contribution in [3.05, 3.63) is 77.6 Å². The van der Waals surface area contributed by atoms with E-state index in [1.807, 2.05) is 0 Å². The lowest BCUT2D eigenvalue weighted by Crippen LogP contribution is -2.41. The maximum Gasteiger partial charge on any atom is 0.322 e. The smallest absolute Gasteiger partial charge is 0.322 e. The van der Waals surface area contributed by atoms with Crippen LogP contribution in [-0.2, 0) is 14.6 Å². The third kappa shape index (κ3) is 7.80. The second kappa shape index (κ2) is 12.6. The predicted molar refractivity (Wildman–Crippen MR) is 152 cm³/mol. The van der Waals surface area contributed by atoms with Crippen molar-refractivity contribution in [2.75, 3.05) is 30.0 Å². The Hall–Kier alpha value is -3.43. The van der Waals surface area contributed by atoms with Crippen LogP contribution in [0.4, 0.5) is 20.6 Å². The van der Waals surface area contributed by atoms with Gasteiger partial charge in [0.2, 0.25) is 5.91 Å². The van der Waals surface area contributed by atoms with Gasteiger partial charge in [0.1, 0.15) is 12.4 Å². The van der Waals surface area contributed by atoms with Crippen LogP contribution in [0.1, 0.15) is 32.1 Å². The van der Waals surface area contributed by atoms with Crippen LogP contribution in [0, 0.1) is 11.7 Å². The average Bonchev–Trinajstić information content (AvgIpc) is 3.42. The first-order valence-electron chi connectivity index (χ1n) is 12.8. The third-order valence-corrected chi connectivity index (χ3v) is 8.25. The number of urea groups is 1. The zero-order chi connectivity index (χ0) is 28.0. The van der Waals surface area contributed by atoms with Crippen molar-refractivity contribution in [2.24, 2.45) is 5.92 Å². The molecule has 10 heteroatoms. The topological polar surface area (TPSA) is 95.6 Å². The molecule has 3 amide bonds. The molecule has 3 aromatic carbocycles. The van der Waals surface area contributed by atoms with Gasteiger partial charge in [0.15, 0.2) is 9.84 Å². The highest BCUT2D eigenvalue weighted by molar-refractivity contribution is 7.90. The van der Waals surface area contributed by atoms with Gasteiger partial charge < -0.3 is 15.5 Å². The summed E-state index contributed by atoms with van der Waals surface area (Å²) in [5.41, 5.74) is 1.22. The number of hydrogen-bond donors (Lipinski definition) is 2. The highest BCUT2D eigenvalue weighted by atomic mass is 35.5. The number of benzene rings is 3. The molecule has 4 rings (SSSR count). The summed E-state index contributed by atoms with van der Waals surface area (Å²) in [4.78, 5) is 27.5. The minimum absolute atomic E-state index is 0.0607. The van der Waals surface area contributed by atoms with E-state index in [0.717, 1.165) is 25.5 Å². The highest BCUT2D eigenvalue weighted by Gasteiger charge is 2.22. The van der Waals surface area contributed by atoms with E-state index in [0.29, 0.717) is 34.3 Å². The Morgan fingerprint density at radius 2 is 1.69 bits per heavy atom. The van der Waals surface area contributed by atoms with Crippen LogP contribution in [0.2, 0.25) is 5.02 Å². The molecular weight excluding hydrogens is 541 g/mol. The lowest BCUT2D eigenvalue weighted by Gasteiger charge is -2.24. The Morgan fingerprint density at radius 1 is 1.00 bits per heavy atom. The van der Waals surface area contributed by atoms with Gasteiger partial charge >= 0.3 is 6.03 Å². The number of nitrogens with one attached hydrogen (secondary N) is 2. The fourth-order valence-electron chi connectivity index (χ4n) is 4.80. The first-order valence-corrected chi connectivity index (χ1v) is 15.1. The molecule has 0 saturated heterocycles. The van der Waals surface area contributed by atoms with Crippen LogP contribution >= 0.6 is 11.6 Å². The largest absolute Gasteiger partial charge is 0.322 e. The second-order valence-corrected chi connectivity index (χ2v) is 12.2. The normalized spacial score (nSPS) is 13.7. The lowest BCUT2D eigenvalue weighted by molar-refractivity contribution is -0.116. The fourth-order valence-corrected chi connectivity index (χ4v) is 5.84. The number of amides is 3. The third-order valence-electron chi connectivity index (χ3n) is 6.84. The summed E-state index contributed by atoms with van der Waals surface area (Å²) in [6, 6.07) is 16.7. The summed E-state index contributed by atoms with van der Waals surface area (Å²) < 4.78 is 39.3. The Bertz CT molecular complexity index is 1440. The van der Waals surface area contributed by atoms with Crippen molar-refractivity contribution in [2.45, 2.75) is 37.0 Å². The summed E-state index contributed by atoms with van der Waals surface area (Å²) in [7, 11) is -3.52. The molecule has 39 heavy (non-hydrogen) atoms. The molecule has 0 aromatic heterocycles. The molecule has 0 bridgehead atoms. The van der Waals surface area contributed by atoms with Gasteiger partial charge in [-0.15, -0.1) is 0 Å². The van der Waals surface area contributed by atoms with E-state index in [1.165, 1.54) is 35.9 Å². The molecule has 3 aromatic rings. The minimum atomic E-state index is -3.52. The van der Waals surface area contributed by atoms with Crippen LogP contribution in [0.3, 0.4) is 0 Å². The Labute approximate surface area is 233 Å². The van der Waals surface area contributed by atoms with E-state index in [2.05, 4.69) is 10.6 Å². The fraction of sp³-hybridized carbons (Fsp3) is 0.310. The number of carbonyl (C=O) groups excluding carboxylic acids is 2. The SMILES string of the molecule is CS(=O)(=O)c1ccccc1-c1ccc(NC(=O)CN(CCC2CCCC2)C(=O)Nc2ccc(Cl)cc2)c(F)c1. The van der Waals surface area contributed by atoms with Crippen LogP contribution in [-0.4, -0.2) is 44.6 Å². The van der Waals surface area contributed by atoms with Gasteiger partial charge in [-0.25, -0.2) is 17.6 Å². The molecule has 1 fully saturated rings. The number of hydrogen-bond acceptors (Lipinski definition) is 4. The lowest BCUT2D eigenvalue weighted by atomic mass is 10.0.